The molecule has 3 heteroatoms. The fourth-order valence-electron chi connectivity index (χ4n) is 7.93. The zero-order valence-corrected chi connectivity index (χ0v) is 16.8. The summed E-state index contributed by atoms with van der Waals surface area (Å²) in [6.45, 7) is 8.60. The van der Waals surface area contributed by atoms with Crippen molar-refractivity contribution in [2.45, 2.75) is 84.7 Å². The first-order valence-electron chi connectivity index (χ1n) is 10.7. The number of hydrogen-bond donors (Lipinski definition) is 0. The van der Waals surface area contributed by atoms with E-state index in [4.69, 9.17) is 4.74 Å². The fourth-order valence-corrected chi connectivity index (χ4v) is 7.93. The van der Waals surface area contributed by atoms with Crippen LogP contribution < -0.4 is 0 Å². The molecule has 0 aromatic rings. The summed E-state index contributed by atoms with van der Waals surface area (Å²) in [4.78, 5) is 23.8. The zero-order valence-electron chi connectivity index (χ0n) is 16.8. The van der Waals surface area contributed by atoms with Gasteiger partial charge in [0.2, 0.25) is 0 Å². The second-order valence-corrected chi connectivity index (χ2v) is 9.80. The highest BCUT2D eigenvalue weighted by molar-refractivity contribution is 5.91. The first kappa shape index (κ1) is 18.3. The van der Waals surface area contributed by atoms with Crippen molar-refractivity contribution in [3.8, 4) is 0 Å². The Morgan fingerprint density at radius 2 is 2.04 bits per heavy atom. The molecule has 0 amide bonds. The summed E-state index contributed by atoms with van der Waals surface area (Å²) in [5, 5.41) is 0. The van der Waals surface area contributed by atoms with Crippen LogP contribution in [0.3, 0.4) is 0 Å². The molecule has 4 rings (SSSR count). The lowest BCUT2D eigenvalue weighted by Gasteiger charge is -2.58. The molecule has 3 fully saturated rings. The Morgan fingerprint density at radius 3 is 2.73 bits per heavy atom. The molecule has 0 aromatic carbocycles. The molecular formula is C23H34O3. The van der Waals surface area contributed by atoms with E-state index in [1.165, 1.54) is 18.4 Å². The predicted octanol–water partition coefficient (Wildman–Crippen LogP) is 5.09. The second-order valence-electron chi connectivity index (χ2n) is 9.80. The molecule has 0 N–H and O–H groups in total. The van der Waals surface area contributed by atoms with Crippen molar-refractivity contribution in [2.24, 2.45) is 35.0 Å². The standard InChI is InChI=1S/C23H34O3/c1-5-23(26-15(3)24)11-10-20-19-8-6-16-12-17(25)7-9-18(16)21(19)14(2)13-22(20,23)4/h12,14,18-21H,5-11,13H2,1-4H3/t14-,18-,19-,20-,21+,22-,23+/m0/s1. The number of carbonyl (C=O) groups is 2. The van der Waals surface area contributed by atoms with E-state index in [1.54, 1.807) is 6.92 Å². The highest BCUT2D eigenvalue weighted by atomic mass is 16.6. The van der Waals surface area contributed by atoms with Crippen LogP contribution in [0.4, 0.5) is 0 Å². The highest BCUT2D eigenvalue weighted by Crippen LogP contribution is 2.67. The first-order chi connectivity index (χ1) is 12.3. The van der Waals surface area contributed by atoms with Gasteiger partial charge in [-0.25, -0.2) is 0 Å². The summed E-state index contributed by atoms with van der Waals surface area (Å²) in [7, 11) is 0. The molecule has 144 valence electrons. The number of ether oxygens (including phenoxy) is 1. The Hall–Kier alpha value is -1.12. The van der Waals surface area contributed by atoms with Crippen LogP contribution in [0.2, 0.25) is 0 Å². The van der Waals surface area contributed by atoms with E-state index < -0.39 is 0 Å². The zero-order chi connectivity index (χ0) is 18.7. The van der Waals surface area contributed by atoms with Gasteiger partial charge in [0.15, 0.2) is 5.78 Å². The van der Waals surface area contributed by atoms with Gasteiger partial charge in [0.25, 0.3) is 0 Å². The van der Waals surface area contributed by atoms with E-state index in [-0.39, 0.29) is 17.0 Å². The summed E-state index contributed by atoms with van der Waals surface area (Å²) in [5.74, 6) is 3.56. The van der Waals surface area contributed by atoms with Gasteiger partial charge >= 0.3 is 5.97 Å². The molecular weight excluding hydrogens is 324 g/mol. The summed E-state index contributed by atoms with van der Waals surface area (Å²) in [6.07, 6.45) is 10.4. The van der Waals surface area contributed by atoms with Crippen LogP contribution in [0.1, 0.15) is 79.1 Å². The monoisotopic (exact) mass is 358 g/mol. The Labute approximate surface area is 157 Å². The van der Waals surface area contributed by atoms with Gasteiger partial charge in [0.1, 0.15) is 5.60 Å². The molecule has 26 heavy (non-hydrogen) atoms. The summed E-state index contributed by atoms with van der Waals surface area (Å²) < 4.78 is 6.07. The maximum absolute atomic E-state index is 11.9. The van der Waals surface area contributed by atoms with Gasteiger partial charge in [-0.2, -0.15) is 0 Å². The van der Waals surface area contributed by atoms with Crippen molar-refractivity contribution < 1.29 is 14.3 Å². The third-order valence-electron chi connectivity index (χ3n) is 8.80. The van der Waals surface area contributed by atoms with E-state index in [1.807, 2.05) is 6.08 Å². The van der Waals surface area contributed by atoms with Gasteiger partial charge in [-0.05, 0) is 80.6 Å². The molecule has 0 radical (unpaired) electrons. The largest absolute Gasteiger partial charge is 0.459 e. The lowest BCUT2D eigenvalue weighted by Crippen LogP contribution is -2.56. The van der Waals surface area contributed by atoms with E-state index in [2.05, 4.69) is 20.8 Å². The van der Waals surface area contributed by atoms with E-state index >= 15 is 0 Å². The molecule has 0 aromatic heterocycles. The lowest BCUT2D eigenvalue weighted by molar-refractivity contribution is -0.185. The fraction of sp³-hybridized carbons (Fsp3) is 0.826. The van der Waals surface area contributed by atoms with E-state index in [9.17, 15) is 9.59 Å². The average molecular weight is 359 g/mol. The highest BCUT2D eigenvalue weighted by Gasteiger charge is 2.65. The van der Waals surface area contributed by atoms with Crippen LogP contribution in [0.5, 0.6) is 0 Å². The molecule has 3 nitrogen and oxygen atoms in total. The molecule has 3 saturated carbocycles. The second kappa shape index (κ2) is 6.21. The normalized spacial score (nSPS) is 47.5. The molecule has 0 spiro atoms. The minimum atomic E-state index is -0.276. The number of hydrogen-bond acceptors (Lipinski definition) is 3. The number of allylic oxidation sites excluding steroid dienone is 1. The summed E-state index contributed by atoms with van der Waals surface area (Å²) in [5.41, 5.74) is 1.26. The molecule has 0 saturated heterocycles. The van der Waals surface area contributed by atoms with Crippen LogP contribution >= 0.6 is 0 Å². The molecule has 4 aliphatic carbocycles. The predicted molar refractivity (Wildman–Crippen MR) is 101 cm³/mol. The Bertz CT molecular complexity index is 650. The van der Waals surface area contributed by atoms with Crippen molar-refractivity contribution in [1.82, 2.24) is 0 Å². The van der Waals surface area contributed by atoms with Gasteiger partial charge < -0.3 is 4.74 Å². The Balaban J connectivity index is 1.68. The van der Waals surface area contributed by atoms with Gasteiger partial charge in [-0.3, -0.25) is 9.59 Å². The minimum Gasteiger partial charge on any atom is -0.459 e. The van der Waals surface area contributed by atoms with Crippen molar-refractivity contribution in [3.05, 3.63) is 11.6 Å². The molecule has 0 heterocycles. The molecule has 0 bridgehead atoms. The maximum Gasteiger partial charge on any atom is 0.303 e. The quantitative estimate of drug-likeness (QED) is 0.646. The summed E-state index contributed by atoms with van der Waals surface area (Å²) >= 11 is 0. The Kier molecular flexibility index (Phi) is 4.36. The first-order valence-corrected chi connectivity index (χ1v) is 10.7. The number of ketones is 1. The van der Waals surface area contributed by atoms with Crippen LogP contribution in [0.25, 0.3) is 0 Å². The van der Waals surface area contributed by atoms with Gasteiger partial charge in [-0.15, -0.1) is 0 Å². The minimum absolute atomic E-state index is 0.0969. The van der Waals surface area contributed by atoms with E-state index in [0.717, 1.165) is 44.4 Å². The lowest BCUT2D eigenvalue weighted by atomic mass is 9.47. The SMILES string of the molecule is CC[C@@]1(OC(C)=O)CC[C@H]2[C@@H]3CCC4=CC(=O)CC[C@@H]4[C@H]3[C@@H](C)C[C@@]21C. The molecule has 0 unspecified atom stereocenters. The van der Waals surface area contributed by atoms with Crippen LogP contribution in [-0.2, 0) is 14.3 Å². The van der Waals surface area contributed by atoms with Crippen molar-refractivity contribution >= 4 is 11.8 Å². The number of fused-ring (bicyclic) bond motifs is 5. The van der Waals surface area contributed by atoms with Crippen LogP contribution in [-0.4, -0.2) is 17.4 Å². The van der Waals surface area contributed by atoms with E-state index in [0.29, 0.717) is 29.5 Å². The topological polar surface area (TPSA) is 43.4 Å². The third-order valence-corrected chi connectivity index (χ3v) is 8.80. The van der Waals surface area contributed by atoms with Gasteiger partial charge in [0.05, 0.1) is 0 Å². The van der Waals surface area contributed by atoms with Crippen molar-refractivity contribution in [2.75, 3.05) is 0 Å². The van der Waals surface area contributed by atoms with Crippen LogP contribution in [0, 0.1) is 35.0 Å². The molecule has 4 aliphatic rings. The van der Waals surface area contributed by atoms with Crippen LogP contribution in [0.15, 0.2) is 11.6 Å². The van der Waals surface area contributed by atoms with Crippen molar-refractivity contribution in [3.63, 3.8) is 0 Å². The van der Waals surface area contributed by atoms with Gasteiger partial charge in [0, 0.05) is 18.8 Å². The molecule has 0 aliphatic heterocycles. The van der Waals surface area contributed by atoms with Gasteiger partial charge in [-0.1, -0.05) is 26.3 Å². The number of rotatable bonds is 2. The molecule has 7 atom stereocenters. The number of esters is 1. The third kappa shape index (κ3) is 2.45. The Morgan fingerprint density at radius 1 is 1.27 bits per heavy atom. The van der Waals surface area contributed by atoms with Crippen molar-refractivity contribution in [1.29, 1.82) is 0 Å². The average Bonchev–Trinajstić information content (AvgIpc) is 2.86. The maximum atomic E-state index is 11.9. The number of carbonyl (C=O) groups excluding carboxylic acids is 2. The summed E-state index contributed by atoms with van der Waals surface area (Å²) in [6, 6.07) is 0. The smallest absolute Gasteiger partial charge is 0.303 e.